The van der Waals surface area contributed by atoms with E-state index >= 15 is 0 Å². The summed E-state index contributed by atoms with van der Waals surface area (Å²) in [5, 5.41) is 2.96. The quantitative estimate of drug-likeness (QED) is 0.917. The monoisotopic (exact) mass is 327 g/mol. The van der Waals surface area contributed by atoms with E-state index in [2.05, 4.69) is 5.32 Å². The molecule has 3 rings (SSSR count). The van der Waals surface area contributed by atoms with E-state index in [9.17, 15) is 4.79 Å². The first-order valence-corrected chi connectivity index (χ1v) is 8.09. The van der Waals surface area contributed by atoms with Crippen LogP contribution in [0.2, 0.25) is 0 Å². The molecule has 0 fully saturated rings. The number of para-hydroxylation sites is 2. The summed E-state index contributed by atoms with van der Waals surface area (Å²) in [5.41, 5.74) is 1.00. The summed E-state index contributed by atoms with van der Waals surface area (Å²) in [6, 6.07) is 14.9. The highest BCUT2D eigenvalue weighted by molar-refractivity contribution is 5.82. The number of fused-ring (bicyclic) bond motifs is 1. The smallest absolute Gasteiger partial charge is 0.265 e. The third-order valence-corrected chi connectivity index (χ3v) is 3.85. The number of carbonyl (C=O) groups excluding carboxylic acids is 1. The van der Waals surface area contributed by atoms with Crippen molar-refractivity contribution < 1.29 is 19.0 Å². The number of ether oxygens (including phenoxy) is 3. The van der Waals surface area contributed by atoms with Crippen LogP contribution in [0.15, 0.2) is 48.5 Å². The second-order valence-electron chi connectivity index (χ2n) is 5.60. The van der Waals surface area contributed by atoms with Gasteiger partial charge in [-0.1, -0.05) is 24.3 Å². The minimum atomic E-state index is -0.648. The Morgan fingerprint density at radius 3 is 2.62 bits per heavy atom. The van der Waals surface area contributed by atoms with E-state index < -0.39 is 6.10 Å². The first-order valence-electron chi connectivity index (χ1n) is 8.09. The van der Waals surface area contributed by atoms with Gasteiger partial charge in [0.05, 0.1) is 12.6 Å². The van der Waals surface area contributed by atoms with Crippen molar-refractivity contribution in [3.63, 3.8) is 0 Å². The van der Waals surface area contributed by atoms with E-state index in [0.717, 1.165) is 11.3 Å². The number of benzene rings is 2. The highest BCUT2D eigenvalue weighted by Gasteiger charge is 2.28. The fraction of sp³-hybridized carbons (Fsp3) is 0.316. The van der Waals surface area contributed by atoms with Crippen molar-refractivity contribution >= 4 is 5.91 Å². The molecular formula is C19H21NO4. The molecule has 0 bridgehead atoms. The third kappa shape index (κ3) is 3.62. The molecule has 1 aliphatic heterocycles. The van der Waals surface area contributed by atoms with Gasteiger partial charge >= 0.3 is 0 Å². The van der Waals surface area contributed by atoms with E-state index in [1.165, 1.54) is 0 Å². The van der Waals surface area contributed by atoms with Crippen molar-refractivity contribution in [1.29, 1.82) is 0 Å². The number of nitrogens with one attached hydrogen (secondary N) is 1. The summed E-state index contributed by atoms with van der Waals surface area (Å²) in [6.45, 7) is 4.72. The summed E-state index contributed by atoms with van der Waals surface area (Å²) >= 11 is 0. The zero-order valence-electron chi connectivity index (χ0n) is 13.8. The maximum atomic E-state index is 12.4. The van der Waals surface area contributed by atoms with Crippen molar-refractivity contribution in [3.05, 3.63) is 54.1 Å². The van der Waals surface area contributed by atoms with Gasteiger partial charge in [-0.15, -0.1) is 0 Å². The zero-order chi connectivity index (χ0) is 16.9. The highest BCUT2D eigenvalue weighted by Crippen LogP contribution is 2.31. The van der Waals surface area contributed by atoms with Crippen LogP contribution in [0.3, 0.4) is 0 Å². The van der Waals surface area contributed by atoms with Crippen LogP contribution in [0, 0.1) is 0 Å². The van der Waals surface area contributed by atoms with Gasteiger partial charge in [0, 0.05) is 0 Å². The Balaban J connectivity index is 1.60. The van der Waals surface area contributed by atoms with Crippen LogP contribution in [0.4, 0.5) is 0 Å². The molecule has 0 aliphatic carbocycles. The topological polar surface area (TPSA) is 56.8 Å². The lowest BCUT2D eigenvalue weighted by atomic mass is 10.1. The van der Waals surface area contributed by atoms with Crippen LogP contribution in [0.25, 0.3) is 0 Å². The second-order valence-corrected chi connectivity index (χ2v) is 5.60. The third-order valence-electron chi connectivity index (χ3n) is 3.85. The molecule has 0 saturated heterocycles. The molecule has 2 aromatic carbocycles. The molecule has 0 radical (unpaired) electrons. The maximum absolute atomic E-state index is 12.4. The molecule has 1 N–H and O–H groups in total. The largest absolute Gasteiger partial charge is 0.494 e. The van der Waals surface area contributed by atoms with Crippen molar-refractivity contribution in [2.24, 2.45) is 0 Å². The Morgan fingerprint density at radius 2 is 1.92 bits per heavy atom. The van der Waals surface area contributed by atoms with Gasteiger partial charge in [-0.05, 0) is 43.7 Å². The normalized spacial score (nSPS) is 17.0. The van der Waals surface area contributed by atoms with Crippen LogP contribution in [-0.2, 0) is 4.79 Å². The summed E-state index contributed by atoms with van der Waals surface area (Å²) in [4.78, 5) is 12.4. The first kappa shape index (κ1) is 16.2. The van der Waals surface area contributed by atoms with E-state index in [-0.39, 0.29) is 18.6 Å². The number of carbonyl (C=O) groups is 1. The SMILES string of the molecule is CCOc1ccc(C(C)NC(=O)C2COc3ccccc3O2)cc1. The lowest BCUT2D eigenvalue weighted by Gasteiger charge is -2.26. The summed E-state index contributed by atoms with van der Waals surface area (Å²) < 4.78 is 16.7. The molecule has 2 unspecified atom stereocenters. The predicted molar refractivity (Wildman–Crippen MR) is 90.5 cm³/mol. The molecule has 1 aliphatic rings. The molecule has 126 valence electrons. The molecule has 2 atom stereocenters. The number of hydrogen-bond acceptors (Lipinski definition) is 4. The van der Waals surface area contributed by atoms with Crippen LogP contribution in [-0.4, -0.2) is 25.2 Å². The standard InChI is InChI=1S/C19H21NO4/c1-3-22-15-10-8-14(9-11-15)13(2)20-19(21)18-12-23-16-6-4-5-7-17(16)24-18/h4-11,13,18H,3,12H2,1-2H3,(H,20,21). The van der Waals surface area contributed by atoms with Gasteiger partial charge < -0.3 is 19.5 Å². The van der Waals surface area contributed by atoms with E-state index in [0.29, 0.717) is 18.1 Å². The van der Waals surface area contributed by atoms with Crippen LogP contribution in [0.5, 0.6) is 17.2 Å². The van der Waals surface area contributed by atoms with Gasteiger partial charge in [-0.3, -0.25) is 4.79 Å². The highest BCUT2D eigenvalue weighted by atomic mass is 16.6. The Morgan fingerprint density at radius 1 is 1.21 bits per heavy atom. The van der Waals surface area contributed by atoms with Gasteiger partial charge in [0.1, 0.15) is 12.4 Å². The maximum Gasteiger partial charge on any atom is 0.265 e. The Labute approximate surface area is 141 Å². The molecule has 1 amide bonds. The minimum Gasteiger partial charge on any atom is -0.494 e. The lowest BCUT2D eigenvalue weighted by molar-refractivity contribution is -0.131. The first-order chi connectivity index (χ1) is 11.7. The van der Waals surface area contributed by atoms with Gasteiger partial charge in [-0.25, -0.2) is 0 Å². The predicted octanol–water partition coefficient (Wildman–Crippen LogP) is 3.10. The summed E-state index contributed by atoms with van der Waals surface area (Å²) in [7, 11) is 0. The average molecular weight is 327 g/mol. The van der Waals surface area contributed by atoms with Gasteiger partial charge in [0.15, 0.2) is 11.5 Å². The molecule has 0 saturated carbocycles. The number of amides is 1. The van der Waals surface area contributed by atoms with Crippen molar-refractivity contribution in [2.75, 3.05) is 13.2 Å². The van der Waals surface area contributed by atoms with E-state index in [4.69, 9.17) is 14.2 Å². The molecule has 0 spiro atoms. The van der Waals surface area contributed by atoms with Crippen molar-refractivity contribution in [3.8, 4) is 17.2 Å². The number of rotatable bonds is 5. The fourth-order valence-electron chi connectivity index (χ4n) is 2.56. The van der Waals surface area contributed by atoms with Crippen LogP contribution < -0.4 is 19.5 Å². The average Bonchev–Trinajstić information content (AvgIpc) is 2.62. The van der Waals surface area contributed by atoms with Crippen molar-refractivity contribution in [1.82, 2.24) is 5.32 Å². The number of hydrogen-bond donors (Lipinski definition) is 1. The summed E-state index contributed by atoms with van der Waals surface area (Å²) in [5.74, 6) is 1.89. The Bertz CT molecular complexity index is 699. The second kappa shape index (κ2) is 7.25. The van der Waals surface area contributed by atoms with Gasteiger partial charge in [-0.2, -0.15) is 0 Å². The zero-order valence-corrected chi connectivity index (χ0v) is 13.8. The molecule has 5 heteroatoms. The Hall–Kier alpha value is -2.69. The minimum absolute atomic E-state index is 0.131. The van der Waals surface area contributed by atoms with E-state index in [1.807, 2.05) is 56.3 Å². The van der Waals surface area contributed by atoms with Crippen molar-refractivity contribution in [2.45, 2.75) is 26.0 Å². The molecule has 24 heavy (non-hydrogen) atoms. The van der Waals surface area contributed by atoms with Crippen LogP contribution in [0.1, 0.15) is 25.5 Å². The van der Waals surface area contributed by atoms with E-state index in [1.54, 1.807) is 6.07 Å². The summed E-state index contributed by atoms with van der Waals surface area (Å²) in [6.07, 6.45) is -0.648. The molecular weight excluding hydrogens is 306 g/mol. The van der Waals surface area contributed by atoms with Crippen LogP contribution >= 0.6 is 0 Å². The molecule has 5 nitrogen and oxygen atoms in total. The van der Waals surface area contributed by atoms with Gasteiger partial charge in [0.2, 0.25) is 6.10 Å². The Kier molecular flexibility index (Phi) is 4.89. The lowest BCUT2D eigenvalue weighted by Crippen LogP contribution is -2.44. The van der Waals surface area contributed by atoms with Gasteiger partial charge in [0.25, 0.3) is 5.91 Å². The molecule has 0 aromatic heterocycles. The fourth-order valence-corrected chi connectivity index (χ4v) is 2.56. The molecule has 2 aromatic rings. The molecule has 1 heterocycles.